The summed E-state index contributed by atoms with van der Waals surface area (Å²) in [6.07, 6.45) is 1.76. The van der Waals surface area contributed by atoms with Crippen molar-refractivity contribution < 1.29 is 14.3 Å². The quantitative estimate of drug-likeness (QED) is 0.759. The summed E-state index contributed by atoms with van der Waals surface area (Å²) in [4.78, 5) is 31.2. The summed E-state index contributed by atoms with van der Waals surface area (Å²) in [7, 11) is 1.62. The predicted octanol–water partition coefficient (Wildman–Crippen LogP) is 1.15. The molecule has 3 rings (SSSR count). The maximum atomic E-state index is 12.9. The lowest BCUT2D eigenvalue weighted by Gasteiger charge is -2.26. The van der Waals surface area contributed by atoms with E-state index in [1.807, 2.05) is 28.0 Å². The molecule has 3 amide bonds. The highest BCUT2D eigenvalue weighted by atomic mass is 16.5. The number of nitrogens with zero attached hydrogens (tertiary/aromatic N) is 3. The number of rotatable bonds is 6. The smallest absolute Gasteiger partial charge is 0.317 e. The van der Waals surface area contributed by atoms with Gasteiger partial charge in [-0.1, -0.05) is 30.3 Å². The normalized spacial score (nSPS) is 21.4. The van der Waals surface area contributed by atoms with Crippen LogP contribution >= 0.6 is 0 Å². The Balaban J connectivity index is 1.50. The minimum Gasteiger partial charge on any atom is -0.383 e. The molecule has 0 radical (unpaired) electrons. The van der Waals surface area contributed by atoms with Crippen molar-refractivity contribution in [2.75, 3.05) is 53.0 Å². The lowest BCUT2D eigenvalue weighted by Crippen LogP contribution is -2.45. The first kappa shape index (κ1) is 19.6. The van der Waals surface area contributed by atoms with E-state index in [0.29, 0.717) is 26.2 Å². The summed E-state index contributed by atoms with van der Waals surface area (Å²) < 4.78 is 4.97. The maximum absolute atomic E-state index is 12.9. The third-order valence-corrected chi connectivity index (χ3v) is 5.33. The minimum atomic E-state index is -0.0507. The van der Waals surface area contributed by atoms with Gasteiger partial charge in [0.15, 0.2) is 0 Å². The van der Waals surface area contributed by atoms with Crippen LogP contribution in [0.4, 0.5) is 4.79 Å². The van der Waals surface area contributed by atoms with Crippen molar-refractivity contribution >= 4 is 11.9 Å². The Morgan fingerprint density at radius 2 is 1.96 bits per heavy atom. The van der Waals surface area contributed by atoms with Crippen LogP contribution in [0.15, 0.2) is 30.3 Å². The van der Waals surface area contributed by atoms with Crippen LogP contribution < -0.4 is 5.32 Å². The third-order valence-electron chi connectivity index (χ3n) is 5.33. The number of hydrogen-bond donors (Lipinski definition) is 1. The lowest BCUT2D eigenvalue weighted by atomic mass is 10.2. The van der Waals surface area contributed by atoms with Crippen molar-refractivity contribution in [3.8, 4) is 0 Å². The van der Waals surface area contributed by atoms with Crippen molar-refractivity contribution in [3.63, 3.8) is 0 Å². The molecular formula is C20H30N4O3. The first-order valence-corrected chi connectivity index (χ1v) is 9.77. The van der Waals surface area contributed by atoms with Crippen LogP contribution in [0.1, 0.15) is 18.4 Å². The Bertz CT molecular complexity index is 625. The molecule has 7 nitrogen and oxygen atoms in total. The highest BCUT2D eigenvalue weighted by Gasteiger charge is 2.36. The number of benzene rings is 1. The second-order valence-corrected chi connectivity index (χ2v) is 7.15. The van der Waals surface area contributed by atoms with E-state index in [1.165, 1.54) is 5.56 Å². The van der Waals surface area contributed by atoms with Crippen LogP contribution in [0.5, 0.6) is 0 Å². The van der Waals surface area contributed by atoms with E-state index in [4.69, 9.17) is 4.74 Å². The van der Waals surface area contributed by atoms with Crippen LogP contribution in [0.25, 0.3) is 0 Å². The molecule has 0 saturated carbocycles. The molecule has 27 heavy (non-hydrogen) atoms. The van der Waals surface area contributed by atoms with Gasteiger partial charge in [0.05, 0.1) is 12.6 Å². The molecule has 1 aromatic carbocycles. The van der Waals surface area contributed by atoms with E-state index in [9.17, 15) is 9.59 Å². The van der Waals surface area contributed by atoms with Gasteiger partial charge in [0, 0.05) is 52.9 Å². The summed E-state index contributed by atoms with van der Waals surface area (Å²) in [5.74, 6) is 0.219. The van der Waals surface area contributed by atoms with E-state index in [0.717, 1.165) is 39.0 Å². The van der Waals surface area contributed by atoms with Gasteiger partial charge in [-0.2, -0.15) is 0 Å². The van der Waals surface area contributed by atoms with E-state index in [2.05, 4.69) is 22.3 Å². The second-order valence-electron chi connectivity index (χ2n) is 7.15. The standard InChI is InChI=1S/C20H30N4O3/c1-27-15-9-21-20(26)23-11-5-10-22(13-14-23)18-8-12-24(19(18)25)16-17-6-3-2-4-7-17/h2-4,6-7,18H,5,8-16H2,1H3,(H,21,26)/t18-/m1/s1. The number of carbonyl (C=O) groups excluding carboxylic acids is 2. The van der Waals surface area contributed by atoms with Crippen molar-refractivity contribution in [1.82, 2.24) is 20.0 Å². The number of amides is 3. The molecule has 2 aliphatic heterocycles. The van der Waals surface area contributed by atoms with Gasteiger partial charge in [-0.25, -0.2) is 4.79 Å². The molecule has 1 aromatic rings. The molecule has 2 aliphatic rings. The molecule has 0 spiro atoms. The van der Waals surface area contributed by atoms with Gasteiger partial charge in [0.2, 0.25) is 5.91 Å². The Morgan fingerprint density at radius 1 is 1.15 bits per heavy atom. The number of urea groups is 1. The maximum Gasteiger partial charge on any atom is 0.317 e. The predicted molar refractivity (Wildman–Crippen MR) is 103 cm³/mol. The fourth-order valence-corrected chi connectivity index (χ4v) is 3.85. The summed E-state index contributed by atoms with van der Waals surface area (Å²) in [6.45, 7) is 5.49. The van der Waals surface area contributed by atoms with Crippen LogP contribution in [-0.2, 0) is 16.1 Å². The summed E-state index contributed by atoms with van der Waals surface area (Å²) in [6, 6.07) is 10.0. The molecule has 0 bridgehead atoms. The number of hydrogen-bond acceptors (Lipinski definition) is 4. The van der Waals surface area contributed by atoms with Crippen molar-refractivity contribution in [1.29, 1.82) is 0 Å². The van der Waals surface area contributed by atoms with E-state index < -0.39 is 0 Å². The summed E-state index contributed by atoms with van der Waals surface area (Å²) in [5.41, 5.74) is 1.17. The van der Waals surface area contributed by atoms with Crippen LogP contribution in [0.2, 0.25) is 0 Å². The Labute approximate surface area is 161 Å². The number of likely N-dealkylation sites (tertiary alicyclic amines) is 1. The van der Waals surface area contributed by atoms with Crippen molar-refractivity contribution in [2.24, 2.45) is 0 Å². The monoisotopic (exact) mass is 374 g/mol. The Hall–Kier alpha value is -2.12. The summed E-state index contributed by atoms with van der Waals surface area (Å²) in [5, 5.41) is 2.88. The number of carbonyl (C=O) groups is 2. The topological polar surface area (TPSA) is 65.1 Å². The Morgan fingerprint density at radius 3 is 2.74 bits per heavy atom. The third kappa shape index (κ3) is 5.20. The lowest BCUT2D eigenvalue weighted by molar-refractivity contribution is -0.132. The zero-order chi connectivity index (χ0) is 19.1. The zero-order valence-corrected chi connectivity index (χ0v) is 16.1. The van der Waals surface area contributed by atoms with E-state index in [1.54, 1.807) is 7.11 Å². The van der Waals surface area contributed by atoms with E-state index in [-0.39, 0.29) is 18.0 Å². The zero-order valence-electron chi connectivity index (χ0n) is 16.1. The number of ether oxygens (including phenoxy) is 1. The average molecular weight is 374 g/mol. The van der Waals surface area contributed by atoms with Crippen molar-refractivity contribution in [2.45, 2.75) is 25.4 Å². The molecule has 0 aromatic heterocycles. The molecule has 148 valence electrons. The average Bonchev–Trinajstić information content (AvgIpc) is 2.89. The number of nitrogens with one attached hydrogen (secondary N) is 1. The second kappa shape index (κ2) is 9.71. The first-order valence-electron chi connectivity index (χ1n) is 9.77. The largest absolute Gasteiger partial charge is 0.383 e. The van der Waals surface area contributed by atoms with Gasteiger partial charge in [-0.3, -0.25) is 9.69 Å². The van der Waals surface area contributed by atoms with E-state index >= 15 is 0 Å². The molecule has 0 unspecified atom stereocenters. The SMILES string of the molecule is COCCNC(=O)N1CCCN([C@@H]2CCN(Cc3ccccc3)C2=O)CC1. The molecule has 1 N–H and O–H groups in total. The van der Waals surface area contributed by atoms with Gasteiger partial charge in [-0.05, 0) is 18.4 Å². The van der Waals surface area contributed by atoms with Gasteiger partial charge in [0.1, 0.15) is 0 Å². The molecule has 1 atom stereocenters. The van der Waals surface area contributed by atoms with Crippen molar-refractivity contribution in [3.05, 3.63) is 35.9 Å². The molecule has 2 saturated heterocycles. The fourth-order valence-electron chi connectivity index (χ4n) is 3.85. The van der Waals surface area contributed by atoms with Crippen LogP contribution in [-0.4, -0.2) is 85.7 Å². The van der Waals surface area contributed by atoms with Gasteiger partial charge < -0.3 is 19.9 Å². The number of methoxy groups -OCH3 is 1. The van der Waals surface area contributed by atoms with Crippen LogP contribution in [0, 0.1) is 0 Å². The summed E-state index contributed by atoms with van der Waals surface area (Å²) >= 11 is 0. The molecule has 2 heterocycles. The van der Waals surface area contributed by atoms with Gasteiger partial charge in [0.25, 0.3) is 0 Å². The minimum absolute atomic E-state index is 0.0441. The molecule has 7 heteroatoms. The van der Waals surface area contributed by atoms with Crippen LogP contribution in [0.3, 0.4) is 0 Å². The molecular weight excluding hydrogens is 344 g/mol. The first-order chi connectivity index (χ1) is 13.2. The molecule has 2 fully saturated rings. The van der Waals surface area contributed by atoms with Gasteiger partial charge in [-0.15, -0.1) is 0 Å². The highest BCUT2D eigenvalue weighted by Crippen LogP contribution is 2.21. The highest BCUT2D eigenvalue weighted by molar-refractivity contribution is 5.84. The Kier molecular flexibility index (Phi) is 7.06. The fraction of sp³-hybridized carbons (Fsp3) is 0.600. The van der Waals surface area contributed by atoms with Gasteiger partial charge >= 0.3 is 6.03 Å². The molecule has 0 aliphatic carbocycles.